The quantitative estimate of drug-likeness (QED) is 0.796. The molecule has 0 amide bonds. The number of ether oxygens (including phenoxy) is 1. The maximum atomic E-state index is 8.66. The van der Waals surface area contributed by atoms with Crippen molar-refractivity contribution in [3.63, 3.8) is 0 Å². The molecule has 0 spiro atoms. The molecule has 0 saturated carbocycles. The number of thioether (sulfide) groups is 1. The highest BCUT2D eigenvalue weighted by atomic mass is 35.5. The largest absolute Gasteiger partial charge is 0.461 e. The van der Waals surface area contributed by atoms with Gasteiger partial charge < -0.3 is 9.84 Å². The van der Waals surface area contributed by atoms with Gasteiger partial charge in [0.05, 0.1) is 12.7 Å². The Labute approximate surface area is 97.2 Å². The van der Waals surface area contributed by atoms with E-state index in [1.807, 2.05) is 13.8 Å². The van der Waals surface area contributed by atoms with E-state index in [1.165, 1.54) is 11.8 Å². The second kappa shape index (κ2) is 6.09. The van der Waals surface area contributed by atoms with Crippen molar-refractivity contribution in [3.8, 4) is 6.01 Å². The van der Waals surface area contributed by atoms with E-state index in [1.54, 1.807) is 0 Å². The maximum Gasteiger partial charge on any atom is 0.321 e. The van der Waals surface area contributed by atoms with Crippen LogP contribution < -0.4 is 4.74 Å². The lowest BCUT2D eigenvalue weighted by Gasteiger charge is -2.07. The first-order chi connectivity index (χ1) is 7.11. The van der Waals surface area contributed by atoms with Crippen molar-refractivity contribution in [2.45, 2.75) is 25.1 Å². The average Bonchev–Trinajstić information content (AvgIpc) is 2.12. The van der Waals surface area contributed by atoms with Crippen molar-refractivity contribution in [1.29, 1.82) is 0 Å². The molecule has 7 heteroatoms. The summed E-state index contributed by atoms with van der Waals surface area (Å²) >= 11 is 6.99. The van der Waals surface area contributed by atoms with E-state index < -0.39 is 0 Å². The van der Waals surface area contributed by atoms with Gasteiger partial charge in [0.2, 0.25) is 5.28 Å². The number of aromatic nitrogens is 3. The summed E-state index contributed by atoms with van der Waals surface area (Å²) in [6.07, 6.45) is -0.0147. The fourth-order valence-corrected chi connectivity index (χ4v) is 1.55. The number of hydrogen-bond acceptors (Lipinski definition) is 6. The van der Waals surface area contributed by atoms with Gasteiger partial charge in [-0.25, -0.2) is 0 Å². The van der Waals surface area contributed by atoms with E-state index in [9.17, 15) is 0 Å². The zero-order chi connectivity index (χ0) is 11.3. The number of aliphatic hydroxyl groups excluding tert-OH is 1. The van der Waals surface area contributed by atoms with Gasteiger partial charge in [-0.1, -0.05) is 11.8 Å². The molecule has 0 fully saturated rings. The highest BCUT2D eigenvalue weighted by molar-refractivity contribution is 7.99. The molecule has 84 valence electrons. The second-order valence-corrected chi connectivity index (χ2v) is 4.31. The fraction of sp³-hybridized carbons (Fsp3) is 0.625. The summed E-state index contributed by atoms with van der Waals surface area (Å²) in [6, 6.07) is 0.213. The molecular weight excluding hydrogens is 238 g/mol. The van der Waals surface area contributed by atoms with Gasteiger partial charge in [0.25, 0.3) is 0 Å². The molecule has 1 aromatic rings. The molecule has 0 radical (unpaired) electrons. The standard InChI is InChI=1S/C8H12ClN3O2S/c1-5(2)14-7-10-6(9)11-8(12-7)15-4-3-13/h5,13H,3-4H2,1-2H3. The third-order valence-electron chi connectivity index (χ3n) is 1.23. The second-order valence-electron chi connectivity index (χ2n) is 2.91. The van der Waals surface area contributed by atoms with Gasteiger partial charge in [-0.05, 0) is 25.4 Å². The number of aliphatic hydroxyl groups is 1. The Kier molecular flexibility index (Phi) is 5.07. The van der Waals surface area contributed by atoms with Crippen LogP contribution in [0.1, 0.15) is 13.8 Å². The summed E-state index contributed by atoms with van der Waals surface area (Å²) in [4.78, 5) is 11.8. The molecule has 0 aliphatic carbocycles. The summed E-state index contributed by atoms with van der Waals surface area (Å²) in [7, 11) is 0. The minimum atomic E-state index is -0.0147. The predicted molar refractivity (Wildman–Crippen MR) is 58.4 cm³/mol. The first-order valence-corrected chi connectivity index (χ1v) is 5.80. The van der Waals surface area contributed by atoms with Crippen LogP contribution in [0, 0.1) is 0 Å². The first-order valence-electron chi connectivity index (χ1n) is 4.43. The Balaban J connectivity index is 2.75. The van der Waals surface area contributed by atoms with Crippen molar-refractivity contribution >= 4 is 23.4 Å². The number of hydrogen-bond donors (Lipinski definition) is 1. The molecule has 1 heterocycles. The Morgan fingerprint density at radius 3 is 2.73 bits per heavy atom. The van der Waals surface area contributed by atoms with E-state index in [4.69, 9.17) is 21.4 Å². The van der Waals surface area contributed by atoms with Crippen LogP contribution in [0.4, 0.5) is 0 Å². The van der Waals surface area contributed by atoms with Crippen LogP contribution in [0.5, 0.6) is 6.01 Å². The molecule has 1 aromatic heterocycles. The van der Waals surface area contributed by atoms with Crippen LogP contribution in [0.3, 0.4) is 0 Å². The summed E-state index contributed by atoms with van der Waals surface area (Å²) in [6.45, 7) is 3.81. The van der Waals surface area contributed by atoms with Crippen LogP contribution in [0.25, 0.3) is 0 Å². The minimum Gasteiger partial charge on any atom is -0.461 e. The minimum absolute atomic E-state index is 0.0147. The predicted octanol–water partition coefficient (Wildman–Crippen LogP) is 1.40. The van der Waals surface area contributed by atoms with E-state index in [0.29, 0.717) is 10.9 Å². The summed E-state index contributed by atoms with van der Waals surface area (Å²) in [5.74, 6) is 0.515. The molecular formula is C8H12ClN3O2S. The molecule has 0 saturated heterocycles. The van der Waals surface area contributed by atoms with Crippen molar-refractivity contribution in [2.75, 3.05) is 12.4 Å². The smallest absolute Gasteiger partial charge is 0.321 e. The monoisotopic (exact) mass is 249 g/mol. The third-order valence-corrected chi connectivity index (χ3v) is 2.23. The van der Waals surface area contributed by atoms with Gasteiger partial charge in [-0.2, -0.15) is 15.0 Å². The summed E-state index contributed by atoms with van der Waals surface area (Å²) in [5, 5.41) is 9.21. The molecule has 5 nitrogen and oxygen atoms in total. The highest BCUT2D eigenvalue weighted by Crippen LogP contribution is 2.17. The average molecular weight is 250 g/mol. The Bertz CT molecular complexity index is 325. The first kappa shape index (κ1) is 12.5. The van der Waals surface area contributed by atoms with E-state index >= 15 is 0 Å². The molecule has 0 unspecified atom stereocenters. The van der Waals surface area contributed by atoms with Gasteiger partial charge in [0.15, 0.2) is 5.16 Å². The molecule has 0 bridgehead atoms. The Morgan fingerprint density at radius 1 is 1.40 bits per heavy atom. The van der Waals surface area contributed by atoms with Crippen LogP contribution in [0.15, 0.2) is 5.16 Å². The number of rotatable bonds is 5. The van der Waals surface area contributed by atoms with Crippen molar-refractivity contribution in [1.82, 2.24) is 15.0 Å². The van der Waals surface area contributed by atoms with Gasteiger partial charge in [-0.3, -0.25) is 0 Å². The lowest BCUT2D eigenvalue weighted by Crippen LogP contribution is -2.09. The van der Waals surface area contributed by atoms with Gasteiger partial charge in [0.1, 0.15) is 0 Å². The van der Waals surface area contributed by atoms with Gasteiger partial charge >= 0.3 is 6.01 Å². The van der Waals surface area contributed by atoms with Gasteiger partial charge in [-0.15, -0.1) is 0 Å². The molecule has 1 rings (SSSR count). The van der Waals surface area contributed by atoms with Crippen LogP contribution in [-0.4, -0.2) is 38.5 Å². The number of nitrogens with zero attached hydrogens (tertiary/aromatic N) is 3. The summed E-state index contributed by atoms with van der Waals surface area (Å²) < 4.78 is 5.29. The molecule has 15 heavy (non-hydrogen) atoms. The van der Waals surface area contributed by atoms with Crippen molar-refractivity contribution in [3.05, 3.63) is 5.28 Å². The van der Waals surface area contributed by atoms with Crippen LogP contribution >= 0.6 is 23.4 Å². The van der Waals surface area contributed by atoms with Crippen LogP contribution in [-0.2, 0) is 0 Å². The molecule has 0 aromatic carbocycles. The maximum absolute atomic E-state index is 8.66. The highest BCUT2D eigenvalue weighted by Gasteiger charge is 2.07. The van der Waals surface area contributed by atoms with Crippen molar-refractivity contribution in [2.24, 2.45) is 0 Å². The SMILES string of the molecule is CC(C)Oc1nc(Cl)nc(SCCO)n1. The zero-order valence-corrected chi connectivity index (χ0v) is 10.0. The fourth-order valence-electron chi connectivity index (χ4n) is 0.780. The van der Waals surface area contributed by atoms with Crippen LogP contribution in [0.2, 0.25) is 5.28 Å². The Morgan fingerprint density at radius 2 is 2.13 bits per heavy atom. The topological polar surface area (TPSA) is 68.1 Å². The third kappa shape index (κ3) is 4.63. The number of halogens is 1. The van der Waals surface area contributed by atoms with Crippen molar-refractivity contribution < 1.29 is 9.84 Å². The lowest BCUT2D eigenvalue weighted by molar-refractivity contribution is 0.219. The van der Waals surface area contributed by atoms with E-state index in [2.05, 4.69) is 15.0 Å². The van der Waals surface area contributed by atoms with E-state index in [-0.39, 0.29) is 24.0 Å². The normalized spacial score (nSPS) is 10.7. The van der Waals surface area contributed by atoms with E-state index in [0.717, 1.165) is 0 Å². The summed E-state index contributed by atoms with van der Waals surface area (Å²) in [5.41, 5.74) is 0. The molecule has 0 aliphatic heterocycles. The molecule has 1 N–H and O–H groups in total. The lowest BCUT2D eigenvalue weighted by atomic mass is 10.5. The van der Waals surface area contributed by atoms with Gasteiger partial charge in [0, 0.05) is 5.75 Å². The molecule has 0 aliphatic rings. The zero-order valence-electron chi connectivity index (χ0n) is 8.47. The molecule has 0 atom stereocenters. The Hall–Kier alpha value is -0.590.